The largest absolute Gasteiger partial charge is 0.373 e. The number of rotatable bonds is 4. The van der Waals surface area contributed by atoms with Crippen LogP contribution < -0.4 is 5.32 Å². The van der Waals surface area contributed by atoms with Crippen LogP contribution in [0.2, 0.25) is 0 Å². The molecule has 3 aliphatic rings. The highest BCUT2D eigenvalue weighted by molar-refractivity contribution is 4.91. The van der Waals surface area contributed by atoms with E-state index in [0.717, 1.165) is 19.1 Å². The second-order valence-corrected chi connectivity index (χ2v) is 4.49. The molecule has 0 bridgehead atoms. The van der Waals surface area contributed by atoms with Gasteiger partial charge < -0.3 is 14.8 Å². The van der Waals surface area contributed by atoms with Crippen molar-refractivity contribution < 1.29 is 9.47 Å². The summed E-state index contributed by atoms with van der Waals surface area (Å²) in [6.45, 7) is 3.18. The van der Waals surface area contributed by atoms with Gasteiger partial charge in [-0.15, -0.1) is 0 Å². The Labute approximate surface area is 78.8 Å². The quantitative estimate of drug-likeness (QED) is 0.646. The number of hydrogen-bond donors (Lipinski definition) is 1. The Morgan fingerprint density at radius 2 is 1.77 bits per heavy atom. The predicted molar refractivity (Wildman–Crippen MR) is 48.6 cm³/mol. The molecule has 4 atom stereocenters. The number of ether oxygens (including phenoxy) is 2. The molecule has 4 unspecified atom stereocenters. The molecule has 0 amide bonds. The van der Waals surface area contributed by atoms with Crippen molar-refractivity contribution in [1.82, 2.24) is 5.32 Å². The average molecular weight is 183 g/mol. The first-order chi connectivity index (χ1) is 6.42. The third-order valence-corrected chi connectivity index (χ3v) is 3.38. The van der Waals surface area contributed by atoms with Crippen molar-refractivity contribution in [1.29, 1.82) is 0 Å². The maximum Gasteiger partial charge on any atom is 0.0824 e. The molecular weight excluding hydrogens is 166 g/mol. The molecular formula is C10H17NO2. The molecule has 0 aromatic carbocycles. The summed E-state index contributed by atoms with van der Waals surface area (Å²) in [5, 5.41) is 3.58. The summed E-state index contributed by atoms with van der Waals surface area (Å²) >= 11 is 0. The van der Waals surface area contributed by atoms with Crippen LogP contribution in [0.1, 0.15) is 19.3 Å². The Morgan fingerprint density at radius 1 is 1.08 bits per heavy atom. The first-order valence-electron chi connectivity index (χ1n) is 5.38. The third-order valence-electron chi connectivity index (χ3n) is 3.38. The third kappa shape index (κ3) is 2.03. The van der Waals surface area contributed by atoms with Crippen LogP contribution >= 0.6 is 0 Å². The highest BCUT2D eigenvalue weighted by atomic mass is 16.6. The van der Waals surface area contributed by atoms with Crippen molar-refractivity contribution in [3.63, 3.8) is 0 Å². The lowest BCUT2D eigenvalue weighted by Gasteiger charge is -2.17. The molecule has 0 aromatic rings. The van der Waals surface area contributed by atoms with E-state index in [0.29, 0.717) is 18.2 Å². The molecule has 0 saturated carbocycles. The summed E-state index contributed by atoms with van der Waals surface area (Å²) in [5.41, 5.74) is 0. The molecule has 1 N–H and O–H groups in total. The van der Waals surface area contributed by atoms with E-state index in [1.165, 1.54) is 25.8 Å². The summed E-state index contributed by atoms with van der Waals surface area (Å²) in [5.74, 6) is 0.844. The maximum atomic E-state index is 5.28. The van der Waals surface area contributed by atoms with Crippen LogP contribution in [0.5, 0.6) is 0 Å². The molecule has 0 aliphatic carbocycles. The van der Waals surface area contributed by atoms with Crippen LogP contribution in [0.15, 0.2) is 0 Å². The van der Waals surface area contributed by atoms with E-state index in [1.807, 2.05) is 0 Å². The van der Waals surface area contributed by atoms with E-state index in [-0.39, 0.29) is 0 Å². The van der Waals surface area contributed by atoms with Crippen LogP contribution in [-0.2, 0) is 9.47 Å². The molecule has 3 heterocycles. The van der Waals surface area contributed by atoms with E-state index < -0.39 is 0 Å². The molecule has 13 heavy (non-hydrogen) atoms. The summed E-state index contributed by atoms with van der Waals surface area (Å²) < 4.78 is 10.5. The van der Waals surface area contributed by atoms with Crippen molar-refractivity contribution >= 4 is 0 Å². The predicted octanol–water partition coefficient (Wildman–Crippen LogP) is 0.542. The smallest absolute Gasteiger partial charge is 0.0824 e. The molecule has 3 heteroatoms. The van der Waals surface area contributed by atoms with Crippen molar-refractivity contribution in [3.8, 4) is 0 Å². The van der Waals surface area contributed by atoms with Gasteiger partial charge >= 0.3 is 0 Å². The van der Waals surface area contributed by atoms with Crippen LogP contribution in [0, 0.1) is 5.92 Å². The first kappa shape index (κ1) is 8.21. The van der Waals surface area contributed by atoms with Gasteiger partial charge in [0.15, 0.2) is 0 Å². The van der Waals surface area contributed by atoms with Gasteiger partial charge in [0.1, 0.15) is 0 Å². The topological polar surface area (TPSA) is 37.1 Å². The van der Waals surface area contributed by atoms with Gasteiger partial charge in [-0.3, -0.25) is 0 Å². The van der Waals surface area contributed by atoms with Gasteiger partial charge in [-0.2, -0.15) is 0 Å². The SMILES string of the molecule is C1CC(CC2CO2)C(CC2CO2)N1. The summed E-state index contributed by atoms with van der Waals surface area (Å²) in [6.07, 6.45) is 4.98. The van der Waals surface area contributed by atoms with Crippen LogP contribution in [0.25, 0.3) is 0 Å². The lowest BCUT2D eigenvalue weighted by Crippen LogP contribution is -2.29. The molecule has 74 valence electrons. The highest BCUT2D eigenvalue weighted by Gasteiger charge is 2.37. The number of nitrogens with one attached hydrogen (secondary N) is 1. The van der Waals surface area contributed by atoms with Crippen molar-refractivity contribution in [2.75, 3.05) is 19.8 Å². The minimum absolute atomic E-state index is 0.568. The highest BCUT2D eigenvalue weighted by Crippen LogP contribution is 2.31. The molecule has 0 radical (unpaired) electrons. The van der Waals surface area contributed by atoms with E-state index in [2.05, 4.69) is 5.32 Å². The Balaban J connectivity index is 1.51. The van der Waals surface area contributed by atoms with E-state index in [9.17, 15) is 0 Å². The van der Waals surface area contributed by atoms with E-state index in [4.69, 9.17) is 9.47 Å². The standard InChI is InChI=1S/C10H17NO2/c1-2-11-10(4-9-6-13-9)7(1)3-8-5-12-8/h7-11H,1-6H2. The molecule has 0 spiro atoms. The van der Waals surface area contributed by atoms with Gasteiger partial charge in [0.05, 0.1) is 25.4 Å². The Morgan fingerprint density at radius 3 is 2.46 bits per heavy atom. The zero-order valence-electron chi connectivity index (χ0n) is 7.87. The summed E-state index contributed by atoms with van der Waals surface area (Å²) in [7, 11) is 0. The van der Waals surface area contributed by atoms with Crippen molar-refractivity contribution in [2.45, 2.75) is 37.5 Å². The fourth-order valence-electron chi connectivity index (χ4n) is 2.41. The lowest BCUT2D eigenvalue weighted by molar-refractivity contribution is 0.302. The lowest BCUT2D eigenvalue weighted by atomic mass is 9.92. The van der Waals surface area contributed by atoms with Gasteiger partial charge in [0.2, 0.25) is 0 Å². The zero-order valence-corrected chi connectivity index (χ0v) is 7.87. The minimum Gasteiger partial charge on any atom is -0.373 e. The van der Waals surface area contributed by atoms with Crippen molar-refractivity contribution in [2.24, 2.45) is 5.92 Å². The monoisotopic (exact) mass is 183 g/mol. The van der Waals surface area contributed by atoms with Crippen LogP contribution in [0.3, 0.4) is 0 Å². The van der Waals surface area contributed by atoms with Gasteiger partial charge in [0.25, 0.3) is 0 Å². The Kier molecular flexibility index (Phi) is 2.04. The second-order valence-electron chi connectivity index (χ2n) is 4.49. The molecule has 3 aliphatic heterocycles. The molecule has 3 nitrogen and oxygen atoms in total. The summed E-state index contributed by atoms with van der Waals surface area (Å²) in [4.78, 5) is 0. The van der Waals surface area contributed by atoms with E-state index >= 15 is 0 Å². The number of epoxide rings is 2. The van der Waals surface area contributed by atoms with Crippen molar-refractivity contribution in [3.05, 3.63) is 0 Å². The van der Waals surface area contributed by atoms with Gasteiger partial charge in [0, 0.05) is 6.04 Å². The first-order valence-corrected chi connectivity index (χ1v) is 5.38. The van der Waals surface area contributed by atoms with Crippen LogP contribution in [0.4, 0.5) is 0 Å². The van der Waals surface area contributed by atoms with Gasteiger partial charge in [-0.1, -0.05) is 0 Å². The van der Waals surface area contributed by atoms with Gasteiger partial charge in [-0.05, 0) is 31.7 Å². The second kappa shape index (κ2) is 3.23. The summed E-state index contributed by atoms with van der Waals surface area (Å²) in [6, 6.07) is 0.705. The van der Waals surface area contributed by atoms with Gasteiger partial charge in [-0.25, -0.2) is 0 Å². The molecule has 3 fully saturated rings. The zero-order chi connectivity index (χ0) is 8.67. The fraction of sp³-hybridized carbons (Fsp3) is 1.00. The Hall–Kier alpha value is -0.120. The average Bonchev–Trinajstić information content (AvgIpc) is 2.95. The number of hydrogen-bond acceptors (Lipinski definition) is 3. The normalized spacial score (nSPS) is 48.0. The molecule has 3 saturated heterocycles. The molecule has 0 aromatic heterocycles. The minimum atomic E-state index is 0.568. The fourth-order valence-corrected chi connectivity index (χ4v) is 2.41. The molecule has 3 rings (SSSR count). The van der Waals surface area contributed by atoms with Crippen LogP contribution in [-0.4, -0.2) is 38.0 Å². The Bertz CT molecular complexity index is 169. The maximum absolute atomic E-state index is 5.28. The van der Waals surface area contributed by atoms with E-state index in [1.54, 1.807) is 0 Å².